The molecule has 0 radical (unpaired) electrons. The normalized spacial score (nSPS) is 16.3. The maximum absolute atomic E-state index is 13.0. The second-order valence-corrected chi connectivity index (χ2v) is 9.49. The van der Waals surface area contributed by atoms with E-state index in [0.29, 0.717) is 25.3 Å². The zero-order valence-electron chi connectivity index (χ0n) is 17.9. The number of rotatable bonds is 7. The number of carbonyl (C=O) groups excluding carboxylic acids is 1. The second-order valence-electron chi connectivity index (χ2n) is 7.55. The van der Waals surface area contributed by atoms with Crippen LogP contribution in [0.15, 0.2) is 53.4 Å². The van der Waals surface area contributed by atoms with E-state index in [9.17, 15) is 13.2 Å². The van der Waals surface area contributed by atoms with Crippen LogP contribution in [0.25, 0.3) is 0 Å². The Morgan fingerprint density at radius 1 is 0.967 bits per heavy atom. The highest BCUT2D eigenvalue weighted by molar-refractivity contribution is 7.89. The number of sulfonamides is 1. The first-order chi connectivity index (χ1) is 14.3. The van der Waals surface area contributed by atoms with Gasteiger partial charge in [0, 0.05) is 26.2 Å². The van der Waals surface area contributed by atoms with Crippen molar-refractivity contribution in [3.8, 4) is 5.75 Å². The predicted molar refractivity (Wildman–Crippen MR) is 117 cm³/mol. The lowest BCUT2D eigenvalue weighted by Gasteiger charge is -2.35. The molecule has 1 aliphatic heterocycles. The molecule has 3 rings (SSSR count). The molecule has 0 saturated carbocycles. The van der Waals surface area contributed by atoms with E-state index in [1.54, 1.807) is 29.2 Å². The lowest BCUT2D eigenvalue weighted by atomic mass is 10.1. The van der Waals surface area contributed by atoms with Crippen molar-refractivity contribution in [1.29, 1.82) is 0 Å². The number of piperazine rings is 1. The van der Waals surface area contributed by atoms with Crippen molar-refractivity contribution in [3.05, 3.63) is 59.7 Å². The number of benzene rings is 2. The number of carbonyl (C=O) groups is 1. The molecule has 2 aromatic carbocycles. The van der Waals surface area contributed by atoms with E-state index in [4.69, 9.17) is 4.74 Å². The van der Waals surface area contributed by atoms with Gasteiger partial charge in [0.25, 0.3) is 5.91 Å². The van der Waals surface area contributed by atoms with Crippen molar-refractivity contribution in [2.45, 2.75) is 44.6 Å². The molecule has 7 heteroatoms. The van der Waals surface area contributed by atoms with Crippen LogP contribution in [-0.4, -0.2) is 55.8 Å². The highest BCUT2D eigenvalue weighted by atomic mass is 32.2. The van der Waals surface area contributed by atoms with Gasteiger partial charge in [-0.3, -0.25) is 4.79 Å². The van der Waals surface area contributed by atoms with Crippen LogP contribution in [0.3, 0.4) is 0 Å². The van der Waals surface area contributed by atoms with Gasteiger partial charge in [0.1, 0.15) is 5.75 Å². The number of amides is 1. The molecule has 1 heterocycles. The average Bonchev–Trinajstić information content (AvgIpc) is 2.78. The fourth-order valence-corrected chi connectivity index (χ4v) is 4.91. The Kier molecular flexibility index (Phi) is 7.15. The zero-order valence-corrected chi connectivity index (χ0v) is 18.7. The van der Waals surface area contributed by atoms with Crippen LogP contribution in [0.5, 0.6) is 5.75 Å². The monoisotopic (exact) mass is 430 g/mol. The summed E-state index contributed by atoms with van der Waals surface area (Å²) in [5.74, 6) is 0.581. The molecule has 0 aliphatic carbocycles. The first-order valence-electron chi connectivity index (χ1n) is 10.5. The summed E-state index contributed by atoms with van der Waals surface area (Å²) in [7, 11) is -3.54. The Morgan fingerprint density at radius 3 is 2.10 bits per heavy atom. The van der Waals surface area contributed by atoms with Gasteiger partial charge >= 0.3 is 0 Å². The Balaban J connectivity index is 1.61. The molecule has 0 aromatic heterocycles. The molecule has 1 fully saturated rings. The quantitative estimate of drug-likeness (QED) is 0.676. The van der Waals surface area contributed by atoms with Crippen molar-refractivity contribution in [2.24, 2.45) is 0 Å². The fourth-order valence-electron chi connectivity index (χ4n) is 3.49. The Hall–Kier alpha value is -2.38. The molecular formula is C23H30N2O4S. The SMILES string of the molecule is CCc1ccc(OC(CC)C(=O)N2CCN(S(=O)(=O)c3ccc(C)cc3)CC2)cc1. The van der Waals surface area contributed by atoms with Crippen LogP contribution in [0.1, 0.15) is 31.4 Å². The van der Waals surface area contributed by atoms with Crippen molar-refractivity contribution in [2.75, 3.05) is 26.2 Å². The summed E-state index contributed by atoms with van der Waals surface area (Å²) in [5, 5.41) is 0. The molecule has 2 aromatic rings. The fraction of sp³-hybridized carbons (Fsp3) is 0.435. The summed E-state index contributed by atoms with van der Waals surface area (Å²) in [4.78, 5) is 14.9. The van der Waals surface area contributed by atoms with Gasteiger partial charge in [-0.05, 0) is 49.6 Å². The summed E-state index contributed by atoms with van der Waals surface area (Å²) < 4.78 is 33.1. The Morgan fingerprint density at radius 2 is 1.57 bits per heavy atom. The van der Waals surface area contributed by atoms with Crippen molar-refractivity contribution >= 4 is 15.9 Å². The first-order valence-corrected chi connectivity index (χ1v) is 11.9. The third-order valence-electron chi connectivity index (χ3n) is 5.47. The van der Waals surface area contributed by atoms with Crippen LogP contribution in [-0.2, 0) is 21.2 Å². The van der Waals surface area contributed by atoms with Gasteiger partial charge in [-0.1, -0.05) is 43.7 Å². The van der Waals surface area contributed by atoms with Gasteiger partial charge in [0.05, 0.1) is 4.90 Å². The topological polar surface area (TPSA) is 66.9 Å². The number of hydrogen-bond donors (Lipinski definition) is 0. The number of hydrogen-bond acceptors (Lipinski definition) is 4. The molecule has 0 spiro atoms. The summed E-state index contributed by atoms with van der Waals surface area (Å²) in [6.45, 7) is 7.21. The minimum absolute atomic E-state index is 0.0931. The molecule has 30 heavy (non-hydrogen) atoms. The average molecular weight is 431 g/mol. The van der Waals surface area contributed by atoms with E-state index in [0.717, 1.165) is 12.0 Å². The minimum Gasteiger partial charge on any atom is -0.481 e. The number of ether oxygens (including phenoxy) is 1. The second kappa shape index (κ2) is 9.62. The summed E-state index contributed by atoms with van der Waals surface area (Å²) in [6.07, 6.45) is 0.931. The summed E-state index contributed by atoms with van der Waals surface area (Å²) >= 11 is 0. The molecule has 1 unspecified atom stereocenters. The Labute approximate surface area is 179 Å². The molecule has 0 bridgehead atoms. The zero-order chi connectivity index (χ0) is 21.7. The van der Waals surface area contributed by atoms with E-state index in [2.05, 4.69) is 6.92 Å². The summed E-state index contributed by atoms with van der Waals surface area (Å²) in [5.41, 5.74) is 2.23. The highest BCUT2D eigenvalue weighted by Crippen LogP contribution is 2.20. The molecule has 1 amide bonds. The third-order valence-corrected chi connectivity index (χ3v) is 7.38. The van der Waals surface area contributed by atoms with Gasteiger partial charge < -0.3 is 9.64 Å². The van der Waals surface area contributed by atoms with Gasteiger partial charge in [-0.2, -0.15) is 4.31 Å². The van der Waals surface area contributed by atoms with E-state index < -0.39 is 16.1 Å². The molecular weight excluding hydrogens is 400 g/mol. The standard InChI is InChI=1S/C23H30N2O4S/c1-4-19-8-10-20(11-9-19)29-22(5-2)23(26)24-14-16-25(17-15-24)30(27,28)21-12-6-18(3)7-13-21/h6-13,22H,4-5,14-17H2,1-3H3. The maximum atomic E-state index is 13.0. The van der Waals surface area contributed by atoms with Crippen LogP contribution in [0.4, 0.5) is 0 Å². The lowest BCUT2D eigenvalue weighted by Crippen LogP contribution is -2.53. The number of nitrogens with zero attached hydrogens (tertiary/aromatic N) is 2. The van der Waals surface area contributed by atoms with Gasteiger partial charge in [-0.15, -0.1) is 0 Å². The van der Waals surface area contributed by atoms with Crippen LogP contribution in [0, 0.1) is 6.92 Å². The van der Waals surface area contributed by atoms with Gasteiger partial charge in [0.2, 0.25) is 10.0 Å². The van der Waals surface area contributed by atoms with Crippen LogP contribution < -0.4 is 4.74 Å². The Bertz CT molecular complexity index is 948. The van der Waals surface area contributed by atoms with Crippen LogP contribution >= 0.6 is 0 Å². The first kappa shape index (κ1) is 22.3. The smallest absolute Gasteiger partial charge is 0.263 e. The highest BCUT2D eigenvalue weighted by Gasteiger charge is 2.32. The van der Waals surface area contributed by atoms with Crippen molar-refractivity contribution in [1.82, 2.24) is 9.21 Å². The molecule has 1 saturated heterocycles. The largest absolute Gasteiger partial charge is 0.481 e. The molecule has 162 valence electrons. The van der Waals surface area contributed by atoms with Crippen molar-refractivity contribution in [3.63, 3.8) is 0 Å². The summed E-state index contributed by atoms with van der Waals surface area (Å²) in [6, 6.07) is 14.6. The maximum Gasteiger partial charge on any atom is 0.263 e. The van der Waals surface area contributed by atoms with E-state index in [1.165, 1.54) is 9.87 Å². The number of aryl methyl sites for hydroxylation is 2. The molecule has 1 aliphatic rings. The van der Waals surface area contributed by atoms with E-state index in [-0.39, 0.29) is 23.9 Å². The predicted octanol–water partition coefficient (Wildman–Crippen LogP) is 3.25. The lowest BCUT2D eigenvalue weighted by molar-refractivity contribution is -0.140. The molecule has 1 atom stereocenters. The van der Waals surface area contributed by atoms with Gasteiger partial charge in [-0.25, -0.2) is 8.42 Å². The third kappa shape index (κ3) is 5.02. The van der Waals surface area contributed by atoms with Crippen LogP contribution in [0.2, 0.25) is 0 Å². The van der Waals surface area contributed by atoms with Gasteiger partial charge in [0.15, 0.2) is 6.10 Å². The molecule has 0 N–H and O–H groups in total. The molecule has 6 nitrogen and oxygen atoms in total. The van der Waals surface area contributed by atoms with E-state index in [1.807, 2.05) is 38.1 Å². The van der Waals surface area contributed by atoms with E-state index >= 15 is 0 Å². The minimum atomic E-state index is -3.54. The van der Waals surface area contributed by atoms with Crippen molar-refractivity contribution < 1.29 is 17.9 Å².